The first kappa shape index (κ1) is 24.1. The topological polar surface area (TPSA) is 85.7 Å². The Bertz CT molecular complexity index is 1180. The first-order chi connectivity index (χ1) is 15.5. The average Bonchev–Trinajstić information content (AvgIpc) is 3.01. The molecule has 0 aliphatic carbocycles. The number of methoxy groups -OCH3 is 1. The summed E-state index contributed by atoms with van der Waals surface area (Å²) in [5.41, 5.74) is -2.17. The molecule has 1 saturated heterocycles. The van der Waals surface area contributed by atoms with Crippen LogP contribution in [0.2, 0.25) is 0 Å². The molecule has 1 fully saturated rings. The van der Waals surface area contributed by atoms with Crippen molar-refractivity contribution >= 4 is 40.5 Å². The van der Waals surface area contributed by atoms with Crippen molar-refractivity contribution in [2.24, 2.45) is 0 Å². The summed E-state index contributed by atoms with van der Waals surface area (Å²) in [6.07, 6.45) is -4.84. The highest BCUT2D eigenvalue weighted by atomic mass is 32.1. The molecule has 1 atom stereocenters. The maximum absolute atomic E-state index is 14.5. The van der Waals surface area contributed by atoms with E-state index in [1.54, 1.807) is 0 Å². The van der Waals surface area contributed by atoms with Gasteiger partial charge in [0.1, 0.15) is 11.9 Å². The highest BCUT2D eigenvalue weighted by Gasteiger charge is 2.45. The number of amides is 2. The Labute approximate surface area is 191 Å². The molecule has 0 aromatic heterocycles. The van der Waals surface area contributed by atoms with Crippen molar-refractivity contribution in [3.05, 3.63) is 58.9 Å². The van der Waals surface area contributed by atoms with Crippen LogP contribution < -0.4 is 15.1 Å². The van der Waals surface area contributed by atoms with E-state index < -0.39 is 41.0 Å². The Balaban J connectivity index is 2.09. The molecule has 0 saturated carbocycles. The third kappa shape index (κ3) is 4.37. The fourth-order valence-corrected chi connectivity index (χ4v) is 3.83. The van der Waals surface area contributed by atoms with Gasteiger partial charge in [-0.3, -0.25) is 14.5 Å². The van der Waals surface area contributed by atoms with E-state index in [1.807, 2.05) is 0 Å². The molecule has 2 aromatic rings. The second kappa shape index (κ2) is 9.13. The van der Waals surface area contributed by atoms with Crippen LogP contribution in [0.3, 0.4) is 0 Å². The van der Waals surface area contributed by atoms with Crippen LogP contribution in [0.25, 0.3) is 0 Å². The van der Waals surface area contributed by atoms with E-state index in [9.17, 15) is 27.2 Å². The molecular weight excluding hydrogens is 464 g/mol. The summed E-state index contributed by atoms with van der Waals surface area (Å²) in [4.78, 5) is 27.0. The second-order valence-corrected chi connectivity index (χ2v) is 7.25. The number of halogens is 4. The standard InChI is InChI=1S/C21H16F4N4O3S/c1-27-18(30)14-6-5-13(8-16(14)22)28-17(10-32-2)19(31)29(20(28)33)12-4-3-11(9-26)15(7-12)21(23,24)25/h3-8,17H,10H2,1-2H3,(H,27,30). The van der Waals surface area contributed by atoms with E-state index in [1.165, 1.54) is 43.3 Å². The Morgan fingerprint density at radius 1 is 1.24 bits per heavy atom. The lowest BCUT2D eigenvalue weighted by molar-refractivity contribution is -0.137. The van der Waals surface area contributed by atoms with Gasteiger partial charge in [0, 0.05) is 19.8 Å². The summed E-state index contributed by atoms with van der Waals surface area (Å²) >= 11 is 5.37. The zero-order valence-corrected chi connectivity index (χ0v) is 18.1. The van der Waals surface area contributed by atoms with Gasteiger partial charge in [0.2, 0.25) is 0 Å². The monoisotopic (exact) mass is 480 g/mol. The smallest absolute Gasteiger partial charge is 0.382 e. The fourth-order valence-electron chi connectivity index (χ4n) is 3.40. The summed E-state index contributed by atoms with van der Waals surface area (Å²) in [7, 11) is 2.65. The number of alkyl halides is 3. The van der Waals surface area contributed by atoms with Gasteiger partial charge >= 0.3 is 6.18 Å². The van der Waals surface area contributed by atoms with Crippen molar-refractivity contribution in [2.75, 3.05) is 30.6 Å². The molecule has 0 radical (unpaired) electrons. The first-order valence-electron chi connectivity index (χ1n) is 9.34. The molecule has 0 spiro atoms. The molecule has 3 rings (SSSR count). The maximum Gasteiger partial charge on any atom is 0.417 e. The Hall–Kier alpha value is -3.56. The van der Waals surface area contributed by atoms with Crippen LogP contribution in [0.5, 0.6) is 0 Å². The minimum absolute atomic E-state index is 0.104. The number of ether oxygens (including phenoxy) is 1. The first-order valence-corrected chi connectivity index (χ1v) is 9.75. The van der Waals surface area contributed by atoms with Gasteiger partial charge in [0.25, 0.3) is 11.8 Å². The van der Waals surface area contributed by atoms with E-state index in [-0.39, 0.29) is 28.7 Å². The predicted octanol–water partition coefficient (Wildman–Crippen LogP) is 3.23. The van der Waals surface area contributed by atoms with E-state index in [0.29, 0.717) is 6.07 Å². The zero-order chi connectivity index (χ0) is 24.5. The molecule has 0 bridgehead atoms. The van der Waals surface area contributed by atoms with Crippen LogP contribution in [0.4, 0.5) is 28.9 Å². The average molecular weight is 480 g/mol. The number of benzene rings is 2. The number of nitrogens with zero attached hydrogens (tertiary/aromatic N) is 3. The van der Waals surface area contributed by atoms with E-state index in [0.717, 1.165) is 17.0 Å². The number of carbonyl (C=O) groups excluding carboxylic acids is 2. The molecule has 33 heavy (non-hydrogen) atoms. The summed E-state index contributed by atoms with van der Waals surface area (Å²) in [6, 6.07) is 6.70. The van der Waals surface area contributed by atoms with Gasteiger partial charge in [-0.05, 0) is 48.6 Å². The van der Waals surface area contributed by atoms with E-state index in [4.69, 9.17) is 22.2 Å². The van der Waals surface area contributed by atoms with Gasteiger partial charge in [-0.25, -0.2) is 4.39 Å². The van der Waals surface area contributed by atoms with Gasteiger partial charge < -0.3 is 15.0 Å². The largest absolute Gasteiger partial charge is 0.417 e. The number of carbonyl (C=O) groups is 2. The van der Waals surface area contributed by atoms with Crippen molar-refractivity contribution in [1.29, 1.82) is 5.26 Å². The summed E-state index contributed by atoms with van der Waals surface area (Å²) in [5, 5.41) is 11.1. The highest BCUT2D eigenvalue weighted by molar-refractivity contribution is 7.81. The number of hydrogen-bond donors (Lipinski definition) is 1. The zero-order valence-electron chi connectivity index (χ0n) is 17.2. The normalized spacial score (nSPS) is 16.2. The van der Waals surface area contributed by atoms with Crippen LogP contribution in [0.15, 0.2) is 36.4 Å². The Morgan fingerprint density at radius 3 is 2.45 bits per heavy atom. The van der Waals surface area contributed by atoms with Gasteiger partial charge in [0.05, 0.1) is 35.1 Å². The van der Waals surface area contributed by atoms with Crippen molar-refractivity contribution in [3.8, 4) is 6.07 Å². The number of thiocarbonyl (C=S) groups is 1. The molecule has 1 unspecified atom stereocenters. The lowest BCUT2D eigenvalue weighted by Gasteiger charge is -2.24. The molecule has 7 nitrogen and oxygen atoms in total. The molecule has 1 aliphatic rings. The van der Waals surface area contributed by atoms with E-state index >= 15 is 0 Å². The quantitative estimate of drug-likeness (QED) is 0.523. The lowest BCUT2D eigenvalue weighted by Crippen LogP contribution is -2.38. The molecule has 1 aliphatic heterocycles. The van der Waals surface area contributed by atoms with Crippen molar-refractivity contribution in [2.45, 2.75) is 12.2 Å². The third-order valence-electron chi connectivity index (χ3n) is 4.93. The van der Waals surface area contributed by atoms with Crippen LogP contribution in [-0.2, 0) is 15.7 Å². The van der Waals surface area contributed by atoms with Crippen LogP contribution >= 0.6 is 12.2 Å². The number of nitriles is 1. The van der Waals surface area contributed by atoms with Gasteiger partial charge in [0.15, 0.2) is 5.11 Å². The fraction of sp³-hybridized carbons (Fsp3) is 0.238. The Kier molecular flexibility index (Phi) is 6.66. The molecule has 1 heterocycles. The minimum Gasteiger partial charge on any atom is -0.382 e. The van der Waals surface area contributed by atoms with Crippen LogP contribution in [0, 0.1) is 17.1 Å². The van der Waals surface area contributed by atoms with Crippen molar-refractivity contribution in [1.82, 2.24) is 5.32 Å². The highest BCUT2D eigenvalue weighted by Crippen LogP contribution is 2.37. The van der Waals surface area contributed by atoms with Crippen molar-refractivity contribution < 1.29 is 31.9 Å². The molecule has 2 amide bonds. The van der Waals surface area contributed by atoms with Gasteiger partial charge in [-0.2, -0.15) is 18.4 Å². The van der Waals surface area contributed by atoms with Crippen LogP contribution in [-0.4, -0.2) is 43.7 Å². The SMILES string of the molecule is CNC(=O)c1ccc(N2C(=S)N(c3ccc(C#N)c(C(F)(F)F)c3)C(=O)C2COC)cc1F. The summed E-state index contributed by atoms with van der Waals surface area (Å²) in [5.74, 6) is -2.24. The maximum atomic E-state index is 14.5. The number of anilines is 2. The predicted molar refractivity (Wildman–Crippen MR) is 114 cm³/mol. The minimum atomic E-state index is -4.84. The molecular formula is C21H16F4N4O3S. The number of rotatable bonds is 5. The lowest BCUT2D eigenvalue weighted by atomic mass is 10.1. The van der Waals surface area contributed by atoms with Crippen molar-refractivity contribution in [3.63, 3.8) is 0 Å². The Morgan fingerprint density at radius 2 is 1.91 bits per heavy atom. The van der Waals surface area contributed by atoms with E-state index in [2.05, 4.69) is 5.32 Å². The molecule has 1 N–H and O–H groups in total. The molecule has 12 heteroatoms. The van der Waals surface area contributed by atoms with Gasteiger partial charge in [-0.1, -0.05) is 0 Å². The number of nitrogens with one attached hydrogen (secondary N) is 1. The molecule has 172 valence electrons. The number of hydrogen-bond acceptors (Lipinski definition) is 5. The van der Waals surface area contributed by atoms with Gasteiger partial charge in [-0.15, -0.1) is 0 Å². The molecule has 2 aromatic carbocycles. The summed E-state index contributed by atoms with van der Waals surface area (Å²) < 4.78 is 59.9. The third-order valence-corrected chi connectivity index (χ3v) is 5.31. The van der Waals surface area contributed by atoms with Crippen LogP contribution in [0.1, 0.15) is 21.5 Å². The second-order valence-electron chi connectivity index (χ2n) is 6.88. The summed E-state index contributed by atoms with van der Waals surface area (Å²) in [6.45, 7) is -0.198.